The number of halogens is 2. The van der Waals surface area contributed by atoms with Crippen molar-refractivity contribution in [3.63, 3.8) is 0 Å². The summed E-state index contributed by atoms with van der Waals surface area (Å²) in [4.78, 5) is 58.7. The normalized spacial score (nSPS) is 20.0. The topological polar surface area (TPSA) is 168 Å². The molecule has 3 aromatic rings. The number of carboxylic acids is 1. The summed E-state index contributed by atoms with van der Waals surface area (Å²) in [6, 6.07) is 6.33. The molecule has 3 fully saturated rings. The Morgan fingerprint density at radius 2 is 1.82 bits per heavy atom. The third-order valence-corrected chi connectivity index (χ3v) is 8.90. The quantitative estimate of drug-likeness (QED) is 0.285. The number of amides is 1. The number of nitrogens with zero attached hydrogens (tertiary/aromatic N) is 3. The first-order chi connectivity index (χ1) is 21.2. The number of carbonyl (C=O) groups excluding carboxylic acids is 1. The fourth-order valence-corrected chi connectivity index (χ4v) is 6.62. The van der Waals surface area contributed by atoms with Crippen LogP contribution in [-0.2, 0) is 13.8 Å². The molecule has 1 saturated carbocycles. The van der Waals surface area contributed by atoms with Gasteiger partial charge in [-0.25, -0.2) is 22.9 Å². The third kappa shape index (κ3) is 6.25. The lowest BCUT2D eigenvalue weighted by Gasteiger charge is -2.42. The Kier molecular flexibility index (Phi) is 7.84. The van der Waals surface area contributed by atoms with E-state index in [0.717, 1.165) is 25.0 Å². The van der Waals surface area contributed by atoms with E-state index in [9.17, 15) is 38.2 Å². The highest BCUT2D eigenvalue weighted by Crippen LogP contribution is 2.46. The molecule has 3 heterocycles. The minimum atomic E-state index is -5.04. The molecule has 1 atom stereocenters. The molecule has 13 nitrogen and oxygen atoms in total. The lowest BCUT2D eigenvalue weighted by atomic mass is 9.92. The third-order valence-electron chi connectivity index (χ3n) is 8.28. The number of fused-ring (bicyclic) bond motifs is 1. The van der Waals surface area contributed by atoms with E-state index in [-0.39, 0.29) is 67.1 Å². The SMILES string of the molecule is CC1CN(c2ccc(OCC3(OP(=O)(O)O)CCN(c4cc5c(cc4F)c(=O)c(C(=O)O)cn5C4CC4)CC3)c(F)c2)C(=O)O1. The largest absolute Gasteiger partial charge is 0.487 e. The monoisotopic (exact) mass is 649 g/mol. The molecule has 0 spiro atoms. The van der Waals surface area contributed by atoms with Crippen molar-refractivity contribution in [3.8, 4) is 5.75 Å². The summed E-state index contributed by atoms with van der Waals surface area (Å²) < 4.78 is 59.9. The minimum Gasteiger partial charge on any atom is -0.487 e. The van der Waals surface area contributed by atoms with Gasteiger partial charge in [-0.1, -0.05) is 0 Å². The number of pyridine rings is 1. The average Bonchev–Trinajstić information content (AvgIpc) is 3.75. The van der Waals surface area contributed by atoms with Crippen LogP contribution in [0.4, 0.5) is 25.0 Å². The maximum absolute atomic E-state index is 15.4. The van der Waals surface area contributed by atoms with Gasteiger partial charge in [-0.05, 0) is 56.9 Å². The number of carboxylic acid groups (broad SMARTS) is 1. The second kappa shape index (κ2) is 11.4. The van der Waals surface area contributed by atoms with Gasteiger partial charge in [0.2, 0.25) is 5.43 Å². The maximum atomic E-state index is 15.4. The van der Waals surface area contributed by atoms with Crippen molar-refractivity contribution >= 4 is 42.2 Å². The van der Waals surface area contributed by atoms with E-state index in [4.69, 9.17) is 14.0 Å². The molecule has 1 unspecified atom stereocenters. The molecule has 1 aromatic heterocycles. The number of benzene rings is 2. The number of cyclic esters (lactones) is 1. The van der Waals surface area contributed by atoms with Crippen molar-refractivity contribution in [2.45, 2.75) is 50.4 Å². The lowest BCUT2D eigenvalue weighted by Crippen LogP contribution is -2.49. The predicted molar refractivity (Wildman–Crippen MR) is 156 cm³/mol. The van der Waals surface area contributed by atoms with Crippen LogP contribution in [0, 0.1) is 11.6 Å². The van der Waals surface area contributed by atoms with Crippen molar-refractivity contribution in [1.29, 1.82) is 0 Å². The van der Waals surface area contributed by atoms with Crippen molar-refractivity contribution in [3.05, 3.63) is 63.9 Å². The van der Waals surface area contributed by atoms with Crippen LogP contribution in [0.3, 0.4) is 0 Å². The number of rotatable bonds is 9. The number of aromatic nitrogens is 1. The summed E-state index contributed by atoms with van der Waals surface area (Å²) >= 11 is 0. The van der Waals surface area contributed by atoms with Crippen LogP contribution < -0.4 is 20.0 Å². The summed E-state index contributed by atoms with van der Waals surface area (Å²) in [5.74, 6) is -3.20. The first kappa shape index (κ1) is 31.0. The number of hydrogen-bond acceptors (Lipinski definition) is 8. The highest BCUT2D eigenvalue weighted by atomic mass is 31.2. The molecule has 0 radical (unpaired) electrons. The Bertz CT molecular complexity index is 1800. The summed E-state index contributed by atoms with van der Waals surface area (Å²) in [5, 5.41) is 9.43. The number of hydrogen-bond donors (Lipinski definition) is 3. The molecule has 1 amide bonds. The molecule has 3 aliphatic rings. The fourth-order valence-electron chi connectivity index (χ4n) is 5.88. The van der Waals surface area contributed by atoms with Gasteiger partial charge in [0.25, 0.3) is 0 Å². The molecule has 2 aliphatic heterocycles. The number of aromatic carboxylic acids is 1. The Morgan fingerprint density at radius 3 is 2.40 bits per heavy atom. The van der Waals surface area contributed by atoms with Crippen LogP contribution in [0.2, 0.25) is 0 Å². The van der Waals surface area contributed by atoms with Crippen LogP contribution in [-0.4, -0.2) is 69.5 Å². The number of phosphoric ester groups is 1. The summed E-state index contributed by atoms with van der Waals surface area (Å²) in [5.41, 5.74) is -2.03. The number of piperidine rings is 1. The van der Waals surface area contributed by atoms with Gasteiger partial charge in [-0.15, -0.1) is 0 Å². The Hall–Kier alpha value is -4.04. The zero-order chi connectivity index (χ0) is 32.3. The highest BCUT2D eigenvalue weighted by Gasteiger charge is 2.43. The molecular formula is C29H30F2N3O10P. The second-order valence-corrected chi connectivity index (χ2v) is 12.8. The Labute approximate surface area is 254 Å². The molecule has 240 valence electrons. The van der Waals surface area contributed by atoms with Crippen molar-refractivity contribution < 1.29 is 51.8 Å². The van der Waals surface area contributed by atoms with Gasteiger partial charge >= 0.3 is 19.9 Å². The zero-order valence-electron chi connectivity index (χ0n) is 24.0. The van der Waals surface area contributed by atoms with E-state index in [1.165, 1.54) is 29.3 Å². The van der Waals surface area contributed by atoms with E-state index >= 15 is 4.39 Å². The second-order valence-electron chi connectivity index (χ2n) is 11.6. The molecule has 16 heteroatoms. The number of phosphoric acid groups is 1. The van der Waals surface area contributed by atoms with Crippen molar-refractivity contribution in [2.75, 3.05) is 36.0 Å². The first-order valence-corrected chi connectivity index (χ1v) is 15.8. The van der Waals surface area contributed by atoms with E-state index < -0.39 is 54.7 Å². The van der Waals surface area contributed by atoms with Gasteiger partial charge < -0.3 is 33.8 Å². The van der Waals surface area contributed by atoms with E-state index in [1.807, 2.05) is 0 Å². The van der Waals surface area contributed by atoms with Gasteiger partial charge in [0.05, 0.1) is 23.4 Å². The van der Waals surface area contributed by atoms with Crippen molar-refractivity contribution in [1.82, 2.24) is 4.57 Å². The van der Waals surface area contributed by atoms with Gasteiger partial charge in [0.1, 0.15) is 29.7 Å². The van der Waals surface area contributed by atoms with Gasteiger partial charge in [0.15, 0.2) is 11.6 Å². The van der Waals surface area contributed by atoms with Crippen LogP contribution in [0.1, 0.15) is 49.0 Å². The Balaban J connectivity index is 1.22. The standard InChI is InChI=1S/C29H30F2N3O10P/c1-16-13-34(28(38)43-16)18-4-5-25(22(31)10-18)42-15-29(44-45(39,40)41)6-8-32(9-7-29)24-12-23-19(11-21(24)30)26(35)20(27(36)37)14-33(23)17-2-3-17/h4-5,10-12,14,16-17H,2-3,6-9,13,15H2,1H3,(H,36,37)(H2,39,40,41). The molecule has 3 N–H and O–H groups in total. The predicted octanol–water partition coefficient (Wildman–Crippen LogP) is 4.19. The zero-order valence-corrected chi connectivity index (χ0v) is 24.9. The minimum absolute atomic E-state index is 0.0190. The molecular weight excluding hydrogens is 619 g/mol. The van der Waals surface area contributed by atoms with Crippen LogP contribution in [0.25, 0.3) is 10.9 Å². The summed E-state index contributed by atoms with van der Waals surface area (Å²) in [7, 11) is -5.04. The van der Waals surface area contributed by atoms with Gasteiger partial charge in [-0.3, -0.25) is 14.2 Å². The van der Waals surface area contributed by atoms with Crippen LogP contribution >= 0.6 is 7.82 Å². The number of ether oxygens (including phenoxy) is 2. The first-order valence-electron chi connectivity index (χ1n) is 14.3. The van der Waals surface area contributed by atoms with E-state index in [1.54, 1.807) is 16.4 Å². The van der Waals surface area contributed by atoms with Gasteiger partial charge in [0, 0.05) is 36.8 Å². The lowest BCUT2D eigenvalue weighted by molar-refractivity contribution is -0.0232. The number of anilines is 2. The smallest absolute Gasteiger partial charge is 0.470 e. The molecule has 0 bridgehead atoms. The summed E-state index contributed by atoms with van der Waals surface area (Å²) in [6.45, 7) is 1.63. The van der Waals surface area contributed by atoms with Gasteiger partial charge in [-0.2, -0.15) is 0 Å². The highest BCUT2D eigenvalue weighted by molar-refractivity contribution is 7.46. The average molecular weight is 650 g/mol. The van der Waals surface area contributed by atoms with Crippen molar-refractivity contribution in [2.24, 2.45) is 0 Å². The maximum Gasteiger partial charge on any atom is 0.470 e. The molecule has 2 saturated heterocycles. The summed E-state index contributed by atoms with van der Waals surface area (Å²) in [6.07, 6.45) is 1.79. The fraction of sp³-hybridized carbons (Fsp3) is 0.414. The van der Waals surface area contributed by atoms with Crippen LogP contribution in [0.15, 0.2) is 41.3 Å². The molecule has 2 aromatic carbocycles. The Morgan fingerprint density at radius 1 is 1.11 bits per heavy atom. The van der Waals surface area contributed by atoms with Crippen LogP contribution in [0.5, 0.6) is 5.75 Å². The molecule has 1 aliphatic carbocycles. The molecule has 45 heavy (non-hydrogen) atoms. The van der Waals surface area contributed by atoms with E-state index in [2.05, 4.69) is 0 Å². The van der Waals surface area contributed by atoms with E-state index in [0.29, 0.717) is 5.52 Å². The molecule has 6 rings (SSSR count). The number of carbonyl (C=O) groups is 2.